The van der Waals surface area contributed by atoms with Crippen LogP contribution in [0.1, 0.15) is 96.8 Å². The number of unbranched alkanes of at least 4 members (excludes halogenated alkanes) is 10. The van der Waals surface area contributed by atoms with Gasteiger partial charge in [0, 0.05) is 0 Å². The van der Waals surface area contributed by atoms with Crippen molar-refractivity contribution in [2.24, 2.45) is 0 Å². The van der Waals surface area contributed by atoms with E-state index in [2.05, 4.69) is 19.1 Å². The summed E-state index contributed by atoms with van der Waals surface area (Å²) in [5.74, 6) is -0.916. The first kappa shape index (κ1) is 21.2. The van der Waals surface area contributed by atoms with E-state index < -0.39 is 12.1 Å². The highest BCUT2D eigenvalue weighted by Gasteiger charge is 2.08. The van der Waals surface area contributed by atoms with Crippen LogP contribution in [0.2, 0.25) is 0 Å². The van der Waals surface area contributed by atoms with E-state index in [1.54, 1.807) is 0 Å². The van der Waals surface area contributed by atoms with Crippen LogP contribution in [0.15, 0.2) is 12.2 Å². The molecule has 0 spiro atoms. The summed E-state index contributed by atoms with van der Waals surface area (Å²) in [6.07, 6.45) is 19.3. The molecule has 0 saturated heterocycles. The third kappa shape index (κ3) is 17.2. The van der Waals surface area contributed by atoms with Gasteiger partial charge in [0.15, 0.2) is 0 Å². The number of aliphatic hydroxyl groups excluding tert-OH is 1. The molecule has 1 atom stereocenters. The van der Waals surface area contributed by atoms with Crippen molar-refractivity contribution in [1.82, 2.24) is 0 Å². The molecule has 0 amide bonds. The molecule has 0 aliphatic heterocycles. The number of allylic oxidation sites excluding steroid dienone is 2. The highest BCUT2D eigenvalue weighted by Crippen LogP contribution is 2.10. The molecule has 0 aromatic heterocycles. The first-order chi connectivity index (χ1) is 10.7. The van der Waals surface area contributed by atoms with Gasteiger partial charge in [0.1, 0.15) is 0 Å². The molecule has 3 nitrogen and oxygen atoms in total. The van der Waals surface area contributed by atoms with Gasteiger partial charge in [-0.05, 0) is 32.1 Å². The van der Waals surface area contributed by atoms with Crippen molar-refractivity contribution in [2.45, 2.75) is 103 Å². The second-order valence-electron chi connectivity index (χ2n) is 6.27. The standard InChI is InChI=1S/C19H36O3/c1-2-3-4-5-6-7-8-9-10-11-12-13-14-15-16-18(20)17-19(21)22/h10-11,18,20H,2-9,12-17H2,1H3,(H,21,22)/b11-10-. The normalized spacial score (nSPS) is 12.8. The minimum atomic E-state index is -0.916. The minimum Gasteiger partial charge on any atom is -0.481 e. The van der Waals surface area contributed by atoms with Gasteiger partial charge in [-0.1, -0.05) is 70.4 Å². The van der Waals surface area contributed by atoms with E-state index in [9.17, 15) is 9.90 Å². The zero-order valence-electron chi connectivity index (χ0n) is 14.4. The molecule has 0 bridgehead atoms. The van der Waals surface area contributed by atoms with Crippen LogP contribution in [0.25, 0.3) is 0 Å². The Hall–Kier alpha value is -0.830. The fraction of sp³-hybridized carbons (Fsp3) is 0.842. The molecule has 3 heteroatoms. The van der Waals surface area contributed by atoms with Crippen LogP contribution >= 0.6 is 0 Å². The summed E-state index contributed by atoms with van der Waals surface area (Å²) in [5.41, 5.74) is 0. The van der Waals surface area contributed by atoms with Crippen molar-refractivity contribution >= 4 is 5.97 Å². The van der Waals surface area contributed by atoms with E-state index in [1.807, 2.05) is 0 Å². The molecule has 0 rings (SSSR count). The average molecular weight is 312 g/mol. The maximum atomic E-state index is 10.4. The number of carboxylic acid groups (broad SMARTS) is 1. The van der Waals surface area contributed by atoms with E-state index in [4.69, 9.17) is 5.11 Å². The predicted molar refractivity (Wildman–Crippen MR) is 93.1 cm³/mol. The molecular weight excluding hydrogens is 276 g/mol. The molecule has 22 heavy (non-hydrogen) atoms. The third-order valence-corrected chi connectivity index (χ3v) is 3.96. The predicted octanol–water partition coefficient (Wildman–Crippen LogP) is 5.47. The first-order valence-corrected chi connectivity index (χ1v) is 9.21. The Morgan fingerprint density at radius 2 is 1.36 bits per heavy atom. The molecule has 0 saturated carbocycles. The van der Waals surface area contributed by atoms with Gasteiger partial charge in [-0.25, -0.2) is 0 Å². The number of aliphatic carboxylic acids is 1. The van der Waals surface area contributed by atoms with Gasteiger partial charge in [-0.15, -0.1) is 0 Å². The highest BCUT2D eigenvalue weighted by molar-refractivity contribution is 5.67. The summed E-state index contributed by atoms with van der Waals surface area (Å²) >= 11 is 0. The summed E-state index contributed by atoms with van der Waals surface area (Å²) in [5, 5.41) is 17.9. The van der Waals surface area contributed by atoms with Crippen molar-refractivity contribution in [3.05, 3.63) is 12.2 Å². The van der Waals surface area contributed by atoms with Crippen LogP contribution in [0, 0.1) is 0 Å². The van der Waals surface area contributed by atoms with Crippen molar-refractivity contribution in [1.29, 1.82) is 0 Å². The van der Waals surface area contributed by atoms with Crippen molar-refractivity contribution in [3.63, 3.8) is 0 Å². The van der Waals surface area contributed by atoms with Gasteiger partial charge in [-0.2, -0.15) is 0 Å². The maximum absolute atomic E-state index is 10.4. The minimum absolute atomic E-state index is 0.127. The number of carboxylic acids is 1. The second kappa shape index (κ2) is 16.5. The van der Waals surface area contributed by atoms with Crippen molar-refractivity contribution < 1.29 is 15.0 Å². The van der Waals surface area contributed by atoms with E-state index in [0.29, 0.717) is 6.42 Å². The average Bonchev–Trinajstić information content (AvgIpc) is 2.47. The second-order valence-corrected chi connectivity index (χ2v) is 6.27. The molecular formula is C19H36O3. The topological polar surface area (TPSA) is 57.5 Å². The number of rotatable bonds is 16. The summed E-state index contributed by atoms with van der Waals surface area (Å²) in [6.45, 7) is 2.25. The van der Waals surface area contributed by atoms with Crippen LogP contribution in [0.4, 0.5) is 0 Å². The Morgan fingerprint density at radius 1 is 0.864 bits per heavy atom. The molecule has 0 aliphatic carbocycles. The Morgan fingerprint density at radius 3 is 1.91 bits per heavy atom. The molecule has 0 aromatic carbocycles. The SMILES string of the molecule is CCCCCCCCC/C=C\CCCCCC(O)CC(=O)O. The molecule has 0 radical (unpaired) electrons. The van der Waals surface area contributed by atoms with E-state index in [-0.39, 0.29) is 6.42 Å². The monoisotopic (exact) mass is 312 g/mol. The Bertz CT molecular complexity index is 274. The summed E-state index contributed by atoms with van der Waals surface area (Å²) in [6, 6.07) is 0. The van der Waals surface area contributed by atoms with Crippen LogP contribution < -0.4 is 0 Å². The van der Waals surface area contributed by atoms with Gasteiger partial charge in [0.25, 0.3) is 0 Å². The summed E-state index contributed by atoms with van der Waals surface area (Å²) in [4.78, 5) is 10.4. The van der Waals surface area contributed by atoms with Crippen LogP contribution in [0.3, 0.4) is 0 Å². The lowest BCUT2D eigenvalue weighted by Crippen LogP contribution is -2.12. The lowest BCUT2D eigenvalue weighted by Gasteiger charge is -2.06. The fourth-order valence-electron chi connectivity index (χ4n) is 2.58. The van der Waals surface area contributed by atoms with Crippen molar-refractivity contribution in [2.75, 3.05) is 0 Å². The summed E-state index contributed by atoms with van der Waals surface area (Å²) in [7, 11) is 0. The number of hydrogen-bond acceptors (Lipinski definition) is 2. The molecule has 0 aromatic rings. The van der Waals surface area contributed by atoms with E-state index in [1.165, 1.54) is 51.4 Å². The number of hydrogen-bond donors (Lipinski definition) is 2. The smallest absolute Gasteiger partial charge is 0.305 e. The van der Waals surface area contributed by atoms with Gasteiger partial charge in [-0.3, -0.25) is 4.79 Å². The molecule has 0 heterocycles. The Labute approximate surface area is 136 Å². The molecule has 0 aliphatic rings. The molecule has 2 N–H and O–H groups in total. The molecule has 1 unspecified atom stereocenters. The van der Waals surface area contributed by atoms with Gasteiger partial charge >= 0.3 is 5.97 Å². The van der Waals surface area contributed by atoms with Crippen LogP contribution in [0.5, 0.6) is 0 Å². The van der Waals surface area contributed by atoms with E-state index in [0.717, 1.165) is 25.7 Å². The zero-order valence-corrected chi connectivity index (χ0v) is 14.4. The molecule has 130 valence electrons. The highest BCUT2D eigenvalue weighted by atomic mass is 16.4. The largest absolute Gasteiger partial charge is 0.481 e. The lowest BCUT2D eigenvalue weighted by atomic mass is 10.1. The fourth-order valence-corrected chi connectivity index (χ4v) is 2.58. The Balaban J connectivity index is 3.19. The quantitative estimate of drug-likeness (QED) is 0.293. The van der Waals surface area contributed by atoms with Crippen molar-refractivity contribution in [3.8, 4) is 0 Å². The summed E-state index contributed by atoms with van der Waals surface area (Å²) < 4.78 is 0. The van der Waals surface area contributed by atoms with E-state index >= 15 is 0 Å². The van der Waals surface area contributed by atoms with Crippen LogP contribution in [-0.2, 0) is 4.79 Å². The van der Waals surface area contributed by atoms with Gasteiger partial charge in [0.05, 0.1) is 12.5 Å². The van der Waals surface area contributed by atoms with Gasteiger partial charge < -0.3 is 10.2 Å². The Kier molecular flexibility index (Phi) is 15.9. The lowest BCUT2D eigenvalue weighted by molar-refractivity contribution is -0.139. The number of aliphatic hydroxyl groups is 1. The zero-order chi connectivity index (χ0) is 16.5. The third-order valence-electron chi connectivity index (χ3n) is 3.96. The van der Waals surface area contributed by atoms with Gasteiger partial charge in [0.2, 0.25) is 0 Å². The maximum Gasteiger partial charge on any atom is 0.305 e. The number of carbonyl (C=O) groups is 1. The van der Waals surface area contributed by atoms with Crippen LogP contribution in [-0.4, -0.2) is 22.3 Å². The molecule has 0 fully saturated rings. The first-order valence-electron chi connectivity index (χ1n) is 9.21.